The van der Waals surface area contributed by atoms with E-state index < -0.39 is 0 Å². The van der Waals surface area contributed by atoms with Crippen LogP contribution in [-0.4, -0.2) is 44.0 Å². The molecular weight excluding hydrogens is 328 g/mol. The average molecular weight is 360 g/mol. The monoisotopic (exact) mass is 360 g/mol. The van der Waals surface area contributed by atoms with Gasteiger partial charge >= 0.3 is 6.03 Å². The Hall–Kier alpha value is -1.59. The number of carbonyl (C=O) groups excluding carboxylic acids is 1. The summed E-state index contributed by atoms with van der Waals surface area (Å²) in [5, 5.41) is 15.8. The molecule has 1 spiro atoms. The van der Waals surface area contributed by atoms with E-state index in [9.17, 15) is 9.90 Å². The maximum absolute atomic E-state index is 12.2. The Morgan fingerprint density at radius 1 is 1.23 bits per heavy atom. The van der Waals surface area contributed by atoms with Gasteiger partial charge in [0.05, 0.1) is 6.61 Å². The minimum atomic E-state index is -0.364. The van der Waals surface area contributed by atoms with Gasteiger partial charge in [-0.15, -0.1) is 0 Å². The van der Waals surface area contributed by atoms with Crippen LogP contribution in [0, 0.1) is 16.7 Å². The van der Waals surface area contributed by atoms with Crippen LogP contribution >= 0.6 is 0 Å². The lowest BCUT2D eigenvalue weighted by molar-refractivity contribution is -0.0736. The summed E-state index contributed by atoms with van der Waals surface area (Å²) >= 11 is 0. The molecule has 2 atom stereocenters. The number of carbonyl (C=O) groups is 1. The summed E-state index contributed by atoms with van der Waals surface area (Å²) in [6, 6.07) is 9.95. The summed E-state index contributed by atoms with van der Waals surface area (Å²) in [5.74, 6) is 0.575. The number of rotatable bonds is 7. The normalized spacial score (nSPS) is 23.7. The van der Waals surface area contributed by atoms with Crippen molar-refractivity contribution in [3.05, 3.63) is 35.9 Å². The summed E-state index contributed by atoms with van der Waals surface area (Å²) in [7, 11) is 0. The first-order valence-corrected chi connectivity index (χ1v) is 9.80. The van der Waals surface area contributed by atoms with E-state index in [-0.39, 0.29) is 18.1 Å². The number of hydrogen-bond donors (Lipinski definition) is 3. The fraction of sp³-hybridized carbons (Fsp3) is 0.667. The van der Waals surface area contributed by atoms with Crippen molar-refractivity contribution in [1.82, 2.24) is 10.6 Å². The summed E-state index contributed by atoms with van der Waals surface area (Å²) in [4.78, 5) is 12.2. The van der Waals surface area contributed by atoms with Crippen LogP contribution in [0.5, 0.6) is 0 Å². The van der Waals surface area contributed by atoms with Gasteiger partial charge in [0.1, 0.15) is 0 Å². The third-order valence-electron chi connectivity index (χ3n) is 6.39. The Kier molecular flexibility index (Phi) is 6.20. The number of nitrogens with one attached hydrogen (secondary N) is 2. The maximum Gasteiger partial charge on any atom is 0.314 e. The highest BCUT2D eigenvalue weighted by molar-refractivity contribution is 5.73. The molecule has 3 N–H and O–H groups in total. The Balaban J connectivity index is 1.42. The molecule has 144 valence electrons. The molecule has 0 aromatic heterocycles. The van der Waals surface area contributed by atoms with Crippen molar-refractivity contribution in [2.75, 3.05) is 32.9 Å². The van der Waals surface area contributed by atoms with Crippen LogP contribution in [0.3, 0.4) is 0 Å². The first kappa shape index (κ1) is 19.2. The van der Waals surface area contributed by atoms with E-state index >= 15 is 0 Å². The van der Waals surface area contributed by atoms with E-state index in [2.05, 4.69) is 22.8 Å². The van der Waals surface area contributed by atoms with E-state index in [1.807, 2.05) is 25.1 Å². The molecule has 1 heterocycles. The predicted molar refractivity (Wildman–Crippen MR) is 102 cm³/mol. The SMILES string of the molecule is CC(CO)(CNC(=O)NCC1CCC12CCOCC2)Cc1ccccc1. The standard InChI is InChI=1S/C21H32N2O3/c1-20(16-24,13-17-5-3-2-4-6-17)15-23-19(25)22-14-18-7-8-21(18)9-11-26-12-10-21/h2-6,18,24H,7-16H2,1H3,(H2,22,23,25). The molecule has 1 aromatic rings. The summed E-state index contributed by atoms with van der Waals surface area (Å²) in [6.07, 6.45) is 5.45. The van der Waals surface area contributed by atoms with Crippen molar-refractivity contribution >= 4 is 6.03 Å². The molecule has 2 fully saturated rings. The maximum atomic E-state index is 12.2. The van der Waals surface area contributed by atoms with E-state index in [0.29, 0.717) is 17.9 Å². The molecule has 5 heteroatoms. The molecule has 5 nitrogen and oxygen atoms in total. The van der Waals surface area contributed by atoms with E-state index in [4.69, 9.17) is 4.74 Å². The minimum Gasteiger partial charge on any atom is -0.396 e. The molecule has 1 saturated carbocycles. The number of benzene rings is 1. The van der Waals surface area contributed by atoms with Crippen molar-refractivity contribution < 1.29 is 14.6 Å². The van der Waals surface area contributed by atoms with Gasteiger partial charge < -0.3 is 20.5 Å². The molecule has 0 bridgehead atoms. The van der Waals surface area contributed by atoms with Crippen LogP contribution in [0.2, 0.25) is 0 Å². The summed E-state index contributed by atoms with van der Waals surface area (Å²) in [6.45, 7) is 4.94. The van der Waals surface area contributed by atoms with Gasteiger partial charge in [-0.25, -0.2) is 4.79 Å². The van der Waals surface area contributed by atoms with Gasteiger partial charge in [-0.05, 0) is 49.0 Å². The third-order valence-corrected chi connectivity index (χ3v) is 6.39. The van der Waals surface area contributed by atoms with Crippen LogP contribution in [0.15, 0.2) is 30.3 Å². The van der Waals surface area contributed by atoms with Crippen molar-refractivity contribution in [2.24, 2.45) is 16.7 Å². The highest BCUT2D eigenvalue weighted by Crippen LogP contribution is 2.52. The molecule has 1 aliphatic heterocycles. The third kappa shape index (κ3) is 4.57. The molecule has 2 unspecified atom stereocenters. The number of ether oxygens (including phenoxy) is 1. The number of amides is 2. The lowest BCUT2D eigenvalue weighted by Gasteiger charge is -2.52. The molecule has 1 aromatic carbocycles. The Morgan fingerprint density at radius 3 is 2.58 bits per heavy atom. The Labute approximate surface area is 156 Å². The highest BCUT2D eigenvalue weighted by Gasteiger charge is 2.47. The average Bonchev–Trinajstić information content (AvgIpc) is 2.67. The predicted octanol–water partition coefficient (Wildman–Crippen LogP) is 2.73. The van der Waals surface area contributed by atoms with Gasteiger partial charge in [-0.2, -0.15) is 0 Å². The number of aliphatic hydroxyl groups excluding tert-OH is 1. The van der Waals surface area contributed by atoms with Gasteiger partial charge in [-0.1, -0.05) is 37.3 Å². The molecule has 3 rings (SSSR count). The van der Waals surface area contributed by atoms with E-state index in [0.717, 1.165) is 39.0 Å². The lowest BCUT2D eigenvalue weighted by atomic mass is 9.56. The Morgan fingerprint density at radius 2 is 1.96 bits per heavy atom. The fourth-order valence-corrected chi connectivity index (χ4v) is 4.35. The topological polar surface area (TPSA) is 70.6 Å². The van der Waals surface area contributed by atoms with Crippen molar-refractivity contribution in [2.45, 2.75) is 39.0 Å². The zero-order chi connectivity index (χ0) is 18.5. The highest BCUT2D eigenvalue weighted by atomic mass is 16.5. The summed E-state index contributed by atoms with van der Waals surface area (Å²) < 4.78 is 5.49. The lowest BCUT2D eigenvalue weighted by Crippen LogP contribution is -2.51. The molecule has 0 radical (unpaired) electrons. The van der Waals surface area contributed by atoms with Crippen LogP contribution in [0.4, 0.5) is 4.79 Å². The summed E-state index contributed by atoms with van der Waals surface area (Å²) in [5.41, 5.74) is 1.21. The molecule has 26 heavy (non-hydrogen) atoms. The first-order valence-electron chi connectivity index (χ1n) is 9.80. The number of urea groups is 1. The molecule has 1 saturated heterocycles. The van der Waals surface area contributed by atoms with Gasteiger partial charge in [0, 0.05) is 31.7 Å². The Bertz CT molecular complexity index is 586. The van der Waals surface area contributed by atoms with Crippen LogP contribution in [-0.2, 0) is 11.2 Å². The fourth-order valence-electron chi connectivity index (χ4n) is 4.35. The van der Waals surface area contributed by atoms with Gasteiger partial charge in [-0.3, -0.25) is 0 Å². The second kappa shape index (κ2) is 8.40. The van der Waals surface area contributed by atoms with E-state index in [1.165, 1.54) is 18.4 Å². The smallest absolute Gasteiger partial charge is 0.314 e. The second-order valence-corrected chi connectivity index (χ2v) is 8.41. The molecule has 2 aliphatic rings. The van der Waals surface area contributed by atoms with Crippen molar-refractivity contribution in [3.63, 3.8) is 0 Å². The molecule has 1 aliphatic carbocycles. The van der Waals surface area contributed by atoms with E-state index in [1.54, 1.807) is 0 Å². The quantitative estimate of drug-likeness (QED) is 0.700. The van der Waals surface area contributed by atoms with Gasteiger partial charge in [0.15, 0.2) is 0 Å². The number of hydrogen-bond acceptors (Lipinski definition) is 3. The molecular formula is C21H32N2O3. The van der Waals surface area contributed by atoms with Crippen molar-refractivity contribution in [1.29, 1.82) is 0 Å². The zero-order valence-electron chi connectivity index (χ0n) is 15.8. The molecule has 2 amide bonds. The van der Waals surface area contributed by atoms with Crippen LogP contribution < -0.4 is 10.6 Å². The zero-order valence-corrected chi connectivity index (χ0v) is 15.8. The van der Waals surface area contributed by atoms with Gasteiger partial charge in [0.2, 0.25) is 0 Å². The van der Waals surface area contributed by atoms with Crippen molar-refractivity contribution in [3.8, 4) is 0 Å². The minimum absolute atomic E-state index is 0.0356. The van der Waals surface area contributed by atoms with Gasteiger partial charge in [0.25, 0.3) is 0 Å². The second-order valence-electron chi connectivity index (χ2n) is 8.41. The number of aliphatic hydroxyl groups is 1. The van der Waals surface area contributed by atoms with Crippen LogP contribution in [0.25, 0.3) is 0 Å². The first-order chi connectivity index (χ1) is 12.6. The van der Waals surface area contributed by atoms with Crippen LogP contribution in [0.1, 0.15) is 38.2 Å². The largest absolute Gasteiger partial charge is 0.396 e.